The number of hydrogen-bond acceptors (Lipinski definition) is 2. The number of anilines is 1. The number of urea groups is 1. The number of nitrogens with zero attached hydrogens (tertiary/aromatic N) is 2. The molecule has 3 fully saturated rings. The number of amides is 3. The largest absolute Gasteiger partial charge is 0.336 e. The van der Waals surface area contributed by atoms with Gasteiger partial charge in [0.2, 0.25) is 0 Å². The SMILES string of the molecule is C[C@@H]1CC[C@@H]2[C@@H](CCCN2C(=O)c2cccc(N3CCNC3=O)c2)C1. The molecule has 1 aliphatic carbocycles. The second kappa shape index (κ2) is 6.70. The standard InChI is InChI=1S/C20H27N3O2/c1-14-7-8-18-15(12-14)5-3-10-23(18)19(24)16-4-2-6-17(13-16)22-11-9-21-20(22)25/h2,4,6,13-15,18H,3,5,7-12H2,1H3,(H,21,25)/t14-,15+,18-/m1/s1. The maximum atomic E-state index is 13.2. The second-order valence-corrected chi connectivity index (χ2v) is 7.82. The summed E-state index contributed by atoms with van der Waals surface area (Å²) in [4.78, 5) is 28.9. The van der Waals surface area contributed by atoms with Crippen LogP contribution < -0.4 is 10.2 Å². The molecule has 0 spiro atoms. The van der Waals surface area contributed by atoms with Gasteiger partial charge in [-0.05, 0) is 62.1 Å². The van der Waals surface area contributed by atoms with Gasteiger partial charge in [0.1, 0.15) is 0 Å². The Kier molecular flexibility index (Phi) is 4.40. The van der Waals surface area contributed by atoms with Gasteiger partial charge in [0, 0.05) is 36.9 Å². The molecule has 2 aliphatic heterocycles. The first-order valence-corrected chi connectivity index (χ1v) is 9.60. The van der Waals surface area contributed by atoms with Crippen LogP contribution >= 0.6 is 0 Å². The highest BCUT2D eigenvalue weighted by atomic mass is 16.2. The Hall–Kier alpha value is -2.04. The number of rotatable bonds is 2. The molecule has 2 heterocycles. The first kappa shape index (κ1) is 16.4. The van der Waals surface area contributed by atoms with Crippen LogP contribution in [0.3, 0.4) is 0 Å². The van der Waals surface area contributed by atoms with Gasteiger partial charge in [-0.25, -0.2) is 4.79 Å². The monoisotopic (exact) mass is 341 g/mol. The quantitative estimate of drug-likeness (QED) is 0.898. The van der Waals surface area contributed by atoms with Gasteiger partial charge in [-0.3, -0.25) is 9.69 Å². The Balaban J connectivity index is 1.55. The van der Waals surface area contributed by atoms with E-state index in [2.05, 4.69) is 17.1 Å². The molecule has 3 amide bonds. The third kappa shape index (κ3) is 3.12. The molecule has 0 bridgehead atoms. The summed E-state index contributed by atoms with van der Waals surface area (Å²) in [5.74, 6) is 1.58. The zero-order chi connectivity index (χ0) is 17.4. The van der Waals surface area contributed by atoms with Crippen molar-refractivity contribution in [2.24, 2.45) is 11.8 Å². The molecule has 3 aliphatic rings. The fourth-order valence-electron chi connectivity index (χ4n) is 4.84. The first-order chi connectivity index (χ1) is 12.1. The fourth-order valence-corrected chi connectivity index (χ4v) is 4.84. The lowest BCUT2D eigenvalue weighted by atomic mass is 9.74. The van der Waals surface area contributed by atoms with Crippen molar-refractivity contribution in [1.29, 1.82) is 0 Å². The average molecular weight is 341 g/mol. The van der Waals surface area contributed by atoms with Crippen LogP contribution in [0.5, 0.6) is 0 Å². The molecule has 1 aromatic rings. The molecule has 1 saturated carbocycles. The summed E-state index contributed by atoms with van der Waals surface area (Å²) in [6.45, 7) is 4.51. The van der Waals surface area contributed by atoms with Crippen LogP contribution in [0.2, 0.25) is 0 Å². The zero-order valence-corrected chi connectivity index (χ0v) is 14.9. The molecular weight excluding hydrogens is 314 g/mol. The molecule has 134 valence electrons. The summed E-state index contributed by atoms with van der Waals surface area (Å²) in [5, 5.41) is 2.81. The molecule has 25 heavy (non-hydrogen) atoms. The van der Waals surface area contributed by atoms with E-state index in [9.17, 15) is 9.59 Å². The van der Waals surface area contributed by atoms with Gasteiger partial charge in [0.25, 0.3) is 5.91 Å². The number of likely N-dealkylation sites (tertiary alicyclic amines) is 1. The Morgan fingerprint density at radius 3 is 2.88 bits per heavy atom. The van der Waals surface area contributed by atoms with E-state index in [-0.39, 0.29) is 11.9 Å². The molecule has 0 radical (unpaired) electrons. The van der Waals surface area contributed by atoms with Crippen LogP contribution in [0.4, 0.5) is 10.5 Å². The third-order valence-electron chi connectivity index (χ3n) is 6.10. The molecule has 4 rings (SSSR count). The van der Waals surface area contributed by atoms with Gasteiger partial charge in [-0.15, -0.1) is 0 Å². The minimum Gasteiger partial charge on any atom is -0.336 e. The molecule has 2 saturated heterocycles. The number of fused-ring (bicyclic) bond motifs is 1. The topological polar surface area (TPSA) is 52.7 Å². The number of benzene rings is 1. The maximum Gasteiger partial charge on any atom is 0.321 e. The lowest BCUT2D eigenvalue weighted by Crippen LogP contribution is -2.50. The molecular formula is C20H27N3O2. The molecule has 5 heteroatoms. The van der Waals surface area contributed by atoms with Crippen LogP contribution in [-0.2, 0) is 0 Å². The first-order valence-electron chi connectivity index (χ1n) is 9.60. The van der Waals surface area contributed by atoms with E-state index in [1.54, 1.807) is 4.90 Å². The van der Waals surface area contributed by atoms with Crippen LogP contribution in [0.25, 0.3) is 0 Å². The summed E-state index contributed by atoms with van der Waals surface area (Å²) >= 11 is 0. The summed E-state index contributed by atoms with van der Waals surface area (Å²) in [6.07, 6.45) is 5.97. The van der Waals surface area contributed by atoms with Gasteiger partial charge in [0.15, 0.2) is 0 Å². The molecule has 3 atom stereocenters. The van der Waals surface area contributed by atoms with Gasteiger partial charge in [-0.1, -0.05) is 13.0 Å². The number of carbonyl (C=O) groups is 2. The van der Waals surface area contributed by atoms with Crippen LogP contribution in [0, 0.1) is 11.8 Å². The van der Waals surface area contributed by atoms with Gasteiger partial charge in [-0.2, -0.15) is 0 Å². The Morgan fingerprint density at radius 2 is 2.08 bits per heavy atom. The van der Waals surface area contributed by atoms with Crippen LogP contribution in [0.1, 0.15) is 49.4 Å². The van der Waals surface area contributed by atoms with Crippen LogP contribution in [-0.4, -0.2) is 42.5 Å². The smallest absolute Gasteiger partial charge is 0.321 e. The maximum absolute atomic E-state index is 13.2. The minimum atomic E-state index is -0.0797. The number of hydrogen-bond donors (Lipinski definition) is 1. The van der Waals surface area contributed by atoms with Crippen molar-refractivity contribution in [3.63, 3.8) is 0 Å². The molecule has 5 nitrogen and oxygen atoms in total. The predicted molar refractivity (Wildman–Crippen MR) is 97.8 cm³/mol. The van der Waals surface area contributed by atoms with E-state index in [0.29, 0.717) is 30.6 Å². The van der Waals surface area contributed by atoms with E-state index in [0.717, 1.165) is 31.0 Å². The summed E-state index contributed by atoms with van der Waals surface area (Å²) in [5.41, 5.74) is 1.52. The highest BCUT2D eigenvalue weighted by Gasteiger charge is 2.38. The van der Waals surface area contributed by atoms with Gasteiger partial charge < -0.3 is 10.2 Å². The van der Waals surface area contributed by atoms with Crippen molar-refractivity contribution in [3.05, 3.63) is 29.8 Å². The van der Waals surface area contributed by atoms with Crippen molar-refractivity contribution in [3.8, 4) is 0 Å². The van der Waals surface area contributed by atoms with Crippen molar-refractivity contribution < 1.29 is 9.59 Å². The van der Waals surface area contributed by atoms with Crippen molar-refractivity contribution in [2.75, 3.05) is 24.5 Å². The highest BCUT2D eigenvalue weighted by molar-refractivity contribution is 5.98. The van der Waals surface area contributed by atoms with Gasteiger partial charge >= 0.3 is 6.03 Å². The molecule has 0 unspecified atom stereocenters. The summed E-state index contributed by atoms with van der Waals surface area (Å²) < 4.78 is 0. The van der Waals surface area contributed by atoms with E-state index in [1.807, 2.05) is 24.3 Å². The van der Waals surface area contributed by atoms with Crippen molar-refractivity contribution in [1.82, 2.24) is 10.2 Å². The highest BCUT2D eigenvalue weighted by Crippen LogP contribution is 2.38. The van der Waals surface area contributed by atoms with Gasteiger partial charge in [0.05, 0.1) is 0 Å². The lowest BCUT2D eigenvalue weighted by Gasteiger charge is -2.45. The molecule has 1 aromatic carbocycles. The van der Waals surface area contributed by atoms with Crippen molar-refractivity contribution in [2.45, 2.75) is 45.1 Å². The third-order valence-corrected chi connectivity index (χ3v) is 6.10. The number of piperidine rings is 1. The molecule has 0 aromatic heterocycles. The zero-order valence-electron chi connectivity index (χ0n) is 14.9. The van der Waals surface area contributed by atoms with Crippen LogP contribution in [0.15, 0.2) is 24.3 Å². The number of nitrogens with one attached hydrogen (secondary N) is 1. The average Bonchev–Trinajstić information content (AvgIpc) is 3.06. The molecule has 1 N–H and O–H groups in total. The summed E-state index contributed by atoms with van der Waals surface area (Å²) in [6, 6.07) is 7.87. The lowest BCUT2D eigenvalue weighted by molar-refractivity contribution is 0.0322. The van der Waals surface area contributed by atoms with E-state index >= 15 is 0 Å². The minimum absolute atomic E-state index is 0.0797. The summed E-state index contributed by atoms with van der Waals surface area (Å²) in [7, 11) is 0. The van der Waals surface area contributed by atoms with E-state index in [1.165, 1.54) is 19.3 Å². The van der Waals surface area contributed by atoms with E-state index < -0.39 is 0 Å². The second-order valence-electron chi connectivity index (χ2n) is 7.82. The Bertz CT molecular complexity index is 675. The predicted octanol–water partition coefficient (Wildman–Crippen LogP) is 3.26. The Morgan fingerprint density at radius 1 is 1.20 bits per heavy atom. The normalized spacial score (nSPS) is 29.3. The van der Waals surface area contributed by atoms with Crippen molar-refractivity contribution >= 4 is 17.6 Å². The number of carbonyl (C=O) groups excluding carboxylic acids is 2. The Labute approximate surface area is 149 Å². The van der Waals surface area contributed by atoms with E-state index in [4.69, 9.17) is 0 Å². The fraction of sp³-hybridized carbons (Fsp3) is 0.600.